The van der Waals surface area contributed by atoms with Gasteiger partial charge >= 0.3 is 0 Å². The van der Waals surface area contributed by atoms with Gasteiger partial charge < -0.3 is 0 Å². The topological polar surface area (TPSA) is 52.6 Å². The van der Waals surface area contributed by atoms with Crippen molar-refractivity contribution < 1.29 is 18.2 Å². The fraction of sp³-hybridized carbons (Fsp3) is 0.625. The van der Waals surface area contributed by atoms with Gasteiger partial charge in [0.2, 0.25) is 0 Å². The highest BCUT2D eigenvalue weighted by Crippen LogP contribution is 2.44. The maximum Gasteiger partial charge on any atom is 0.181 e. The second-order valence-electron chi connectivity index (χ2n) is 6.59. The van der Waals surface area contributed by atoms with Crippen molar-refractivity contribution in [1.82, 2.24) is 0 Å². The predicted octanol–water partition coefficient (Wildman–Crippen LogP) is 2.99. The van der Waals surface area contributed by atoms with Gasteiger partial charge in [0.15, 0.2) is 9.84 Å². The van der Waals surface area contributed by atoms with Crippen LogP contribution in [-0.4, -0.2) is 25.9 Å². The molecule has 1 aromatic carbocycles. The summed E-state index contributed by atoms with van der Waals surface area (Å²) < 4.78 is 25.2. The minimum absolute atomic E-state index is 0.0320. The highest BCUT2D eigenvalue weighted by molar-refractivity contribution is 7.91. The third-order valence-corrected chi connectivity index (χ3v) is 6.87. The summed E-state index contributed by atoms with van der Waals surface area (Å²) in [6.45, 7) is 4.03. The van der Waals surface area contributed by atoms with Gasteiger partial charge in [-0.25, -0.2) is 18.2 Å². The van der Waals surface area contributed by atoms with Crippen molar-refractivity contribution in [3.63, 3.8) is 0 Å². The van der Waals surface area contributed by atoms with E-state index >= 15 is 0 Å². The molecule has 0 N–H and O–H groups in total. The van der Waals surface area contributed by atoms with E-state index in [1.807, 2.05) is 13.0 Å². The second kappa shape index (κ2) is 5.38. The lowest BCUT2D eigenvalue weighted by molar-refractivity contribution is -0.427. The third kappa shape index (κ3) is 2.87. The highest BCUT2D eigenvalue weighted by atomic mass is 32.2. The van der Waals surface area contributed by atoms with E-state index in [-0.39, 0.29) is 17.8 Å². The molecule has 0 spiro atoms. The molecule has 1 saturated carbocycles. The molecule has 0 radical (unpaired) electrons. The molecular formula is C16H22O4S. The molecule has 21 heavy (non-hydrogen) atoms. The smallest absolute Gasteiger partial charge is 0.181 e. The Morgan fingerprint density at radius 2 is 1.95 bits per heavy atom. The average molecular weight is 310 g/mol. The quantitative estimate of drug-likeness (QED) is 0.805. The third-order valence-electron chi connectivity index (χ3n) is 4.93. The summed E-state index contributed by atoms with van der Waals surface area (Å²) in [6.07, 6.45) is 3.07. The summed E-state index contributed by atoms with van der Waals surface area (Å²) >= 11 is 0. The molecule has 3 rings (SSSR count). The van der Waals surface area contributed by atoms with Crippen LogP contribution in [0.5, 0.6) is 0 Å². The Hall–Kier alpha value is -0.910. The molecule has 0 aromatic heterocycles. The van der Waals surface area contributed by atoms with Crippen molar-refractivity contribution in [2.24, 2.45) is 11.8 Å². The zero-order valence-corrected chi connectivity index (χ0v) is 13.3. The zero-order chi connectivity index (χ0) is 15.1. The summed E-state index contributed by atoms with van der Waals surface area (Å²) in [4.78, 5) is 11.4. The molecule has 2 aliphatic rings. The van der Waals surface area contributed by atoms with Crippen LogP contribution in [0.25, 0.3) is 0 Å². The minimum atomic E-state index is -3.37. The molecule has 2 fully saturated rings. The minimum Gasteiger partial charge on any atom is -0.232 e. The van der Waals surface area contributed by atoms with Gasteiger partial charge in [-0.2, -0.15) is 0 Å². The first-order valence-corrected chi connectivity index (χ1v) is 9.18. The molecule has 0 amide bonds. The van der Waals surface area contributed by atoms with Crippen molar-refractivity contribution in [2.75, 3.05) is 5.75 Å². The van der Waals surface area contributed by atoms with Gasteiger partial charge in [-0.3, -0.25) is 0 Å². The Bertz CT molecular complexity index is 598. The van der Waals surface area contributed by atoms with Crippen LogP contribution in [0.2, 0.25) is 0 Å². The predicted molar refractivity (Wildman–Crippen MR) is 79.4 cm³/mol. The SMILES string of the molecule is CC1CCC2CC1OO[C@@]2(C)CS(=O)(=O)c1ccccc1. The molecule has 1 aromatic rings. The number of sulfone groups is 1. The van der Waals surface area contributed by atoms with E-state index in [9.17, 15) is 8.42 Å². The van der Waals surface area contributed by atoms with Crippen LogP contribution in [0.3, 0.4) is 0 Å². The maximum absolute atomic E-state index is 12.6. The van der Waals surface area contributed by atoms with E-state index < -0.39 is 15.4 Å². The van der Waals surface area contributed by atoms with Crippen LogP contribution in [0.15, 0.2) is 35.2 Å². The van der Waals surface area contributed by atoms with Gasteiger partial charge in [-0.05, 0) is 50.2 Å². The van der Waals surface area contributed by atoms with E-state index in [0.29, 0.717) is 10.8 Å². The molecule has 1 heterocycles. The summed E-state index contributed by atoms with van der Waals surface area (Å²) in [7, 11) is -3.37. The number of fused-ring (bicyclic) bond motifs is 2. The van der Waals surface area contributed by atoms with Crippen molar-refractivity contribution in [3.8, 4) is 0 Å². The number of hydrogen-bond acceptors (Lipinski definition) is 4. The zero-order valence-electron chi connectivity index (χ0n) is 12.5. The van der Waals surface area contributed by atoms with E-state index in [2.05, 4.69) is 6.92 Å². The average Bonchev–Trinajstić information content (AvgIpc) is 2.46. The lowest BCUT2D eigenvalue weighted by Gasteiger charge is -2.47. The molecule has 116 valence electrons. The van der Waals surface area contributed by atoms with Crippen LogP contribution >= 0.6 is 0 Å². The molecule has 2 bridgehead atoms. The highest BCUT2D eigenvalue weighted by Gasteiger charge is 2.49. The standard InChI is InChI=1S/C16H22O4S/c1-12-8-9-13-10-15(12)19-20-16(13,2)11-21(17,18)14-6-4-3-5-7-14/h3-7,12-13,15H,8-11H2,1-2H3/t12?,13?,15?,16-/m0/s1. The Morgan fingerprint density at radius 3 is 2.67 bits per heavy atom. The van der Waals surface area contributed by atoms with E-state index in [0.717, 1.165) is 19.3 Å². The number of hydrogen-bond donors (Lipinski definition) is 0. The van der Waals surface area contributed by atoms with Crippen molar-refractivity contribution >= 4 is 9.84 Å². The van der Waals surface area contributed by atoms with Gasteiger partial charge in [0.1, 0.15) is 5.60 Å². The maximum atomic E-state index is 12.6. The number of rotatable bonds is 3. The lowest BCUT2D eigenvalue weighted by Crippen LogP contribution is -2.53. The fourth-order valence-corrected chi connectivity index (χ4v) is 5.22. The lowest BCUT2D eigenvalue weighted by atomic mass is 9.73. The van der Waals surface area contributed by atoms with Crippen LogP contribution < -0.4 is 0 Å². The van der Waals surface area contributed by atoms with Gasteiger partial charge in [0.05, 0.1) is 16.8 Å². The van der Waals surface area contributed by atoms with Crippen LogP contribution in [-0.2, 0) is 19.6 Å². The van der Waals surface area contributed by atoms with Crippen molar-refractivity contribution in [3.05, 3.63) is 30.3 Å². The van der Waals surface area contributed by atoms with Gasteiger partial charge in [0, 0.05) is 0 Å². The summed E-state index contributed by atoms with van der Waals surface area (Å²) in [5.41, 5.74) is -0.759. The second-order valence-corrected chi connectivity index (χ2v) is 8.58. The monoisotopic (exact) mass is 310 g/mol. The van der Waals surface area contributed by atoms with Crippen molar-refractivity contribution in [2.45, 2.75) is 49.7 Å². The molecule has 4 atom stereocenters. The molecular weight excluding hydrogens is 288 g/mol. The van der Waals surface area contributed by atoms with Crippen LogP contribution in [0.1, 0.15) is 33.1 Å². The van der Waals surface area contributed by atoms with E-state index in [4.69, 9.17) is 9.78 Å². The van der Waals surface area contributed by atoms with Crippen LogP contribution in [0.4, 0.5) is 0 Å². The molecule has 1 saturated heterocycles. The first kappa shape index (κ1) is 15.0. The number of benzene rings is 1. The first-order valence-electron chi connectivity index (χ1n) is 7.53. The molecule has 5 heteroatoms. The Morgan fingerprint density at radius 1 is 1.24 bits per heavy atom. The van der Waals surface area contributed by atoms with E-state index in [1.165, 1.54) is 0 Å². The molecule has 1 aliphatic heterocycles. The normalized spacial score (nSPS) is 36.4. The van der Waals surface area contributed by atoms with Crippen molar-refractivity contribution in [1.29, 1.82) is 0 Å². The molecule has 4 nitrogen and oxygen atoms in total. The van der Waals surface area contributed by atoms with E-state index in [1.54, 1.807) is 24.3 Å². The Labute approximate surface area is 126 Å². The molecule has 3 unspecified atom stereocenters. The fourth-order valence-electron chi connectivity index (χ4n) is 3.44. The Balaban J connectivity index is 1.81. The van der Waals surface area contributed by atoms with Crippen LogP contribution in [0, 0.1) is 11.8 Å². The summed E-state index contributed by atoms with van der Waals surface area (Å²) in [5, 5.41) is 0. The van der Waals surface area contributed by atoms with Gasteiger partial charge in [0.25, 0.3) is 0 Å². The summed E-state index contributed by atoms with van der Waals surface area (Å²) in [6, 6.07) is 8.56. The van der Waals surface area contributed by atoms with Gasteiger partial charge in [-0.1, -0.05) is 25.1 Å². The van der Waals surface area contributed by atoms with Gasteiger partial charge in [-0.15, -0.1) is 0 Å². The Kier molecular flexibility index (Phi) is 3.84. The largest absolute Gasteiger partial charge is 0.232 e. The first-order chi connectivity index (χ1) is 9.91. The molecule has 1 aliphatic carbocycles. The summed E-state index contributed by atoms with van der Waals surface area (Å²) in [5.74, 6) is 0.693.